The van der Waals surface area contributed by atoms with Crippen LogP contribution in [0.25, 0.3) is 0 Å². The monoisotopic (exact) mass is 347 g/mol. The van der Waals surface area contributed by atoms with Gasteiger partial charge in [-0.05, 0) is 49.6 Å². The maximum Gasteiger partial charge on any atom is 0.220 e. The van der Waals surface area contributed by atoms with Crippen molar-refractivity contribution in [3.05, 3.63) is 64.7 Å². The van der Waals surface area contributed by atoms with Gasteiger partial charge >= 0.3 is 0 Å². The lowest BCUT2D eigenvalue weighted by molar-refractivity contribution is -0.120. The van der Waals surface area contributed by atoms with Crippen molar-refractivity contribution >= 4 is 29.3 Å². The van der Waals surface area contributed by atoms with Gasteiger partial charge in [-0.25, -0.2) is 0 Å². The number of hydrogen-bond donors (Lipinski definition) is 1. The summed E-state index contributed by atoms with van der Waals surface area (Å²) in [6.45, 7) is 2.79. The highest BCUT2D eigenvalue weighted by molar-refractivity contribution is 7.99. The minimum absolute atomic E-state index is 0.126. The van der Waals surface area contributed by atoms with E-state index in [2.05, 4.69) is 36.5 Å². The van der Waals surface area contributed by atoms with Crippen LogP contribution in [0.2, 0.25) is 5.02 Å². The molecule has 2 aromatic carbocycles. The molecule has 0 aromatic heterocycles. The Morgan fingerprint density at radius 1 is 1.09 bits per heavy atom. The Balaban J connectivity index is 1.56. The Kier molecular flexibility index (Phi) is 7.50. The first-order valence-electron chi connectivity index (χ1n) is 7.84. The largest absolute Gasteiger partial charge is 0.356 e. The molecule has 4 heteroatoms. The van der Waals surface area contributed by atoms with Crippen molar-refractivity contribution in [1.82, 2.24) is 5.32 Å². The fourth-order valence-corrected chi connectivity index (χ4v) is 3.13. The van der Waals surface area contributed by atoms with Crippen molar-refractivity contribution in [3.63, 3.8) is 0 Å². The van der Waals surface area contributed by atoms with Crippen molar-refractivity contribution in [2.24, 2.45) is 0 Å². The third-order valence-electron chi connectivity index (χ3n) is 3.50. The molecule has 0 saturated carbocycles. The van der Waals surface area contributed by atoms with E-state index in [4.69, 9.17) is 11.6 Å². The van der Waals surface area contributed by atoms with Crippen LogP contribution >= 0.6 is 23.4 Å². The zero-order valence-corrected chi connectivity index (χ0v) is 14.9. The summed E-state index contributed by atoms with van der Waals surface area (Å²) in [4.78, 5) is 13.0. The Hall–Kier alpha value is -1.45. The highest BCUT2D eigenvalue weighted by Gasteiger charge is 2.02. The second-order valence-electron chi connectivity index (χ2n) is 5.49. The van der Waals surface area contributed by atoms with Gasteiger partial charge in [-0.2, -0.15) is 0 Å². The van der Waals surface area contributed by atoms with Crippen molar-refractivity contribution in [2.75, 3.05) is 12.3 Å². The Morgan fingerprint density at radius 3 is 2.48 bits per heavy atom. The van der Waals surface area contributed by atoms with E-state index < -0.39 is 0 Å². The van der Waals surface area contributed by atoms with Gasteiger partial charge in [0.1, 0.15) is 0 Å². The molecule has 2 aromatic rings. The first kappa shape index (κ1) is 17.9. The molecule has 23 heavy (non-hydrogen) atoms. The molecule has 0 aliphatic heterocycles. The highest BCUT2D eigenvalue weighted by atomic mass is 35.5. The zero-order chi connectivity index (χ0) is 16.5. The quantitative estimate of drug-likeness (QED) is 0.544. The van der Waals surface area contributed by atoms with E-state index in [-0.39, 0.29) is 5.91 Å². The van der Waals surface area contributed by atoms with E-state index >= 15 is 0 Å². The first-order chi connectivity index (χ1) is 11.1. The first-order valence-corrected chi connectivity index (χ1v) is 9.20. The van der Waals surface area contributed by atoms with Gasteiger partial charge in [0.05, 0.1) is 0 Å². The summed E-state index contributed by atoms with van der Waals surface area (Å²) in [5.41, 5.74) is 2.51. The molecule has 0 bridgehead atoms. The average molecular weight is 348 g/mol. The molecule has 0 heterocycles. The van der Waals surface area contributed by atoms with Crippen LogP contribution in [0.15, 0.2) is 53.4 Å². The molecule has 122 valence electrons. The number of benzene rings is 2. The summed E-state index contributed by atoms with van der Waals surface area (Å²) in [7, 11) is 0. The summed E-state index contributed by atoms with van der Waals surface area (Å²) < 4.78 is 0. The number of rotatable bonds is 8. The van der Waals surface area contributed by atoms with Gasteiger partial charge in [0.25, 0.3) is 0 Å². The maximum absolute atomic E-state index is 11.8. The van der Waals surface area contributed by atoms with Gasteiger partial charge in [-0.3, -0.25) is 4.79 Å². The molecular formula is C19H22ClNOS. The van der Waals surface area contributed by atoms with Crippen LogP contribution in [0, 0.1) is 6.92 Å². The van der Waals surface area contributed by atoms with E-state index in [9.17, 15) is 4.79 Å². The van der Waals surface area contributed by atoms with E-state index in [1.54, 1.807) is 11.8 Å². The number of nitrogens with one attached hydrogen (secondary N) is 1. The van der Waals surface area contributed by atoms with Crippen molar-refractivity contribution in [2.45, 2.75) is 31.1 Å². The van der Waals surface area contributed by atoms with Gasteiger partial charge in [0.15, 0.2) is 0 Å². The number of hydrogen-bond acceptors (Lipinski definition) is 2. The fraction of sp³-hybridized carbons (Fsp3) is 0.316. The third kappa shape index (κ3) is 7.10. The molecule has 0 atom stereocenters. The van der Waals surface area contributed by atoms with Crippen LogP contribution in [0.4, 0.5) is 0 Å². The minimum atomic E-state index is 0.126. The molecule has 2 nitrogen and oxygen atoms in total. The summed E-state index contributed by atoms with van der Waals surface area (Å²) in [6, 6.07) is 16.3. The molecular weight excluding hydrogens is 326 g/mol. The van der Waals surface area contributed by atoms with Crippen molar-refractivity contribution in [3.8, 4) is 0 Å². The van der Waals surface area contributed by atoms with Crippen molar-refractivity contribution in [1.29, 1.82) is 0 Å². The predicted octanol–water partition coefficient (Wildman–Crippen LogP) is 4.88. The van der Waals surface area contributed by atoms with Crippen LogP contribution in [0.5, 0.6) is 0 Å². The number of aryl methyl sites for hydroxylation is 2. The SMILES string of the molecule is Cc1ccc(SCCC(=O)NCCCc2ccc(Cl)cc2)cc1. The van der Waals surface area contributed by atoms with Gasteiger partial charge in [-0.15, -0.1) is 11.8 Å². The Labute approximate surface area is 147 Å². The normalized spacial score (nSPS) is 10.5. The molecule has 0 radical (unpaired) electrons. The molecule has 0 fully saturated rings. The number of thioether (sulfide) groups is 1. The molecule has 0 unspecified atom stereocenters. The molecule has 0 aliphatic carbocycles. The summed E-state index contributed by atoms with van der Waals surface area (Å²) >= 11 is 7.58. The van der Waals surface area contributed by atoms with Gasteiger partial charge < -0.3 is 5.32 Å². The highest BCUT2D eigenvalue weighted by Crippen LogP contribution is 2.18. The summed E-state index contributed by atoms with van der Waals surface area (Å²) in [6.07, 6.45) is 2.45. The van der Waals surface area contributed by atoms with E-state index in [1.165, 1.54) is 16.0 Å². The minimum Gasteiger partial charge on any atom is -0.356 e. The van der Waals surface area contributed by atoms with Crippen LogP contribution in [-0.2, 0) is 11.2 Å². The lowest BCUT2D eigenvalue weighted by Gasteiger charge is -2.06. The number of carbonyl (C=O) groups excluding carboxylic acids is 1. The molecule has 0 saturated heterocycles. The fourth-order valence-electron chi connectivity index (χ4n) is 2.16. The second kappa shape index (κ2) is 9.64. The lowest BCUT2D eigenvalue weighted by Crippen LogP contribution is -2.24. The molecule has 1 amide bonds. The summed E-state index contributed by atoms with van der Waals surface area (Å²) in [5, 5.41) is 3.74. The molecule has 0 aliphatic rings. The number of amides is 1. The third-order valence-corrected chi connectivity index (χ3v) is 4.76. The summed E-state index contributed by atoms with van der Waals surface area (Å²) in [5.74, 6) is 0.937. The van der Waals surface area contributed by atoms with E-state index in [0.29, 0.717) is 6.42 Å². The van der Waals surface area contributed by atoms with Crippen LogP contribution in [0.1, 0.15) is 24.0 Å². The second-order valence-corrected chi connectivity index (χ2v) is 7.10. The van der Waals surface area contributed by atoms with E-state index in [0.717, 1.165) is 30.2 Å². The Morgan fingerprint density at radius 2 is 1.78 bits per heavy atom. The maximum atomic E-state index is 11.8. The van der Waals surface area contributed by atoms with Crippen LogP contribution in [0.3, 0.4) is 0 Å². The molecule has 0 spiro atoms. The molecule has 2 rings (SSSR count). The van der Waals surface area contributed by atoms with E-state index in [1.807, 2.05) is 24.3 Å². The van der Waals surface area contributed by atoms with Gasteiger partial charge in [0, 0.05) is 28.6 Å². The zero-order valence-electron chi connectivity index (χ0n) is 13.3. The van der Waals surface area contributed by atoms with Crippen molar-refractivity contribution < 1.29 is 4.79 Å². The topological polar surface area (TPSA) is 29.1 Å². The van der Waals surface area contributed by atoms with Crippen LogP contribution < -0.4 is 5.32 Å². The standard InChI is InChI=1S/C19H22ClNOS/c1-15-4-10-18(11-5-15)23-14-12-19(22)21-13-2-3-16-6-8-17(20)9-7-16/h4-11H,2-3,12-14H2,1H3,(H,21,22). The Bertz CT molecular complexity index is 610. The smallest absolute Gasteiger partial charge is 0.220 e. The average Bonchev–Trinajstić information content (AvgIpc) is 2.55. The number of halogens is 1. The van der Waals surface area contributed by atoms with Gasteiger partial charge in [0.2, 0.25) is 5.91 Å². The lowest BCUT2D eigenvalue weighted by atomic mass is 10.1. The molecule has 1 N–H and O–H groups in total. The predicted molar refractivity (Wildman–Crippen MR) is 99.3 cm³/mol. The van der Waals surface area contributed by atoms with Crippen LogP contribution in [-0.4, -0.2) is 18.2 Å². The number of carbonyl (C=O) groups is 1. The van der Waals surface area contributed by atoms with Gasteiger partial charge in [-0.1, -0.05) is 41.4 Å².